The number of unbranched alkanes of at least 4 members (excludes halogenated alkanes) is 1. The molecule has 2 N–H and O–H groups in total. The number of alkyl halides is 6. The van der Waals surface area contributed by atoms with E-state index in [-0.39, 0.29) is 30.9 Å². The van der Waals surface area contributed by atoms with Crippen molar-refractivity contribution in [1.82, 2.24) is 10.2 Å². The molecule has 1 saturated heterocycles. The first-order valence-electron chi connectivity index (χ1n) is 13.6. The Balaban J connectivity index is 1.62. The minimum absolute atomic E-state index is 0.0268. The number of nitrogens with one attached hydrogen (secondary N) is 1. The first kappa shape index (κ1) is 33.0. The van der Waals surface area contributed by atoms with Gasteiger partial charge in [-0.15, -0.1) is 0 Å². The minimum Gasteiger partial charge on any atom is -0.494 e. The molecule has 7 nitrogen and oxygen atoms in total. The Morgan fingerprint density at radius 2 is 1.52 bits per heavy atom. The number of halogens is 6. The molecule has 1 aliphatic rings. The van der Waals surface area contributed by atoms with Crippen molar-refractivity contribution in [2.45, 2.75) is 76.4 Å². The molecule has 1 fully saturated rings. The van der Waals surface area contributed by atoms with E-state index in [1.807, 2.05) is 6.92 Å². The first-order chi connectivity index (χ1) is 19.6. The van der Waals surface area contributed by atoms with Gasteiger partial charge in [0.05, 0.1) is 13.2 Å². The van der Waals surface area contributed by atoms with E-state index < -0.39 is 41.0 Å². The number of aryl methyl sites for hydroxylation is 1. The van der Waals surface area contributed by atoms with Crippen molar-refractivity contribution in [1.29, 1.82) is 0 Å². The predicted octanol–water partition coefficient (Wildman–Crippen LogP) is 6.37. The third kappa shape index (κ3) is 6.61. The molecule has 13 heteroatoms. The van der Waals surface area contributed by atoms with Crippen molar-refractivity contribution in [2.24, 2.45) is 0 Å². The zero-order chi connectivity index (χ0) is 31.3. The van der Waals surface area contributed by atoms with E-state index in [0.717, 1.165) is 17.4 Å². The maximum absolute atomic E-state index is 13.3. The second kappa shape index (κ2) is 12.8. The van der Waals surface area contributed by atoms with Crippen LogP contribution in [0.3, 0.4) is 0 Å². The lowest BCUT2D eigenvalue weighted by Crippen LogP contribution is -2.53. The molecule has 1 atom stereocenters. The lowest BCUT2D eigenvalue weighted by atomic mass is 9.90. The Kier molecular flexibility index (Phi) is 10.1. The van der Waals surface area contributed by atoms with E-state index in [9.17, 15) is 41.0 Å². The molecule has 0 aromatic heterocycles. The number of urea groups is 1. The fourth-order valence-electron chi connectivity index (χ4n) is 4.65. The van der Waals surface area contributed by atoms with Gasteiger partial charge in [-0.2, -0.15) is 26.3 Å². The zero-order valence-electron chi connectivity index (χ0n) is 23.5. The number of hydrogen-bond donors (Lipinski definition) is 2. The number of rotatable bonds is 13. The molecule has 1 aliphatic heterocycles. The first-order valence-corrected chi connectivity index (χ1v) is 13.6. The van der Waals surface area contributed by atoms with E-state index in [1.165, 1.54) is 0 Å². The van der Waals surface area contributed by atoms with Crippen molar-refractivity contribution in [3.8, 4) is 11.5 Å². The zero-order valence-corrected chi connectivity index (χ0v) is 23.5. The van der Waals surface area contributed by atoms with Crippen LogP contribution in [-0.4, -0.2) is 54.1 Å². The second-order valence-corrected chi connectivity index (χ2v) is 10.2. The second-order valence-electron chi connectivity index (χ2n) is 10.2. The summed E-state index contributed by atoms with van der Waals surface area (Å²) in [6.45, 7) is 5.93. The highest BCUT2D eigenvalue weighted by Gasteiger charge is 2.71. The molecule has 0 spiro atoms. The molecule has 1 unspecified atom stereocenters. The molecule has 2 aromatic carbocycles. The maximum atomic E-state index is 13.3. The molecule has 3 rings (SSSR count). The highest BCUT2D eigenvalue weighted by Crippen LogP contribution is 2.50. The van der Waals surface area contributed by atoms with Crippen LogP contribution in [0.2, 0.25) is 0 Å². The molecule has 232 valence electrons. The van der Waals surface area contributed by atoms with Crippen LogP contribution in [0.4, 0.5) is 31.1 Å². The summed E-state index contributed by atoms with van der Waals surface area (Å²) < 4.78 is 91.1. The number of carbonyl (C=O) groups is 2. The van der Waals surface area contributed by atoms with Gasteiger partial charge in [0.2, 0.25) is 0 Å². The van der Waals surface area contributed by atoms with Crippen molar-refractivity contribution in [2.75, 3.05) is 19.8 Å². The third-order valence-electron chi connectivity index (χ3n) is 7.03. The standard InChI is InChI=1S/C29H34F6N2O5/c1-4-8-19-18-21(27(40,28(30,31)32)29(33,34)35)11-14-23(19)42-17-7-6-15-37-24(38)26(3,36-25(37)39)20-9-12-22(13-10-20)41-16-5-2/h9-14,18,40H,4-8,15-17H2,1-3H3,(H,36,39). The highest BCUT2D eigenvalue weighted by atomic mass is 19.4. The van der Waals surface area contributed by atoms with Crippen molar-refractivity contribution < 1.29 is 50.5 Å². The number of ether oxygens (including phenoxy) is 2. The van der Waals surface area contributed by atoms with Gasteiger partial charge in [-0.05, 0) is 68.0 Å². The topological polar surface area (TPSA) is 88.1 Å². The molecule has 3 amide bonds. The summed E-state index contributed by atoms with van der Waals surface area (Å²) in [6.07, 6.45) is -9.95. The van der Waals surface area contributed by atoms with E-state index >= 15 is 0 Å². The van der Waals surface area contributed by atoms with Gasteiger partial charge in [0.1, 0.15) is 17.0 Å². The Bertz CT molecular complexity index is 1230. The summed E-state index contributed by atoms with van der Waals surface area (Å²) in [7, 11) is 0. The van der Waals surface area contributed by atoms with Crippen molar-refractivity contribution in [3.05, 3.63) is 59.2 Å². The normalized spacial score (nSPS) is 17.9. The average Bonchev–Trinajstić information content (AvgIpc) is 3.14. The maximum Gasteiger partial charge on any atom is 0.430 e. The lowest BCUT2D eigenvalue weighted by Gasteiger charge is -2.33. The predicted molar refractivity (Wildman–Crippen MR) is 141 cm³/mol. The number of imide groups is 1. The van der Waals surface area contributed by atoms with Crippen LogP contribution in [-0.2, 0) is 22.4 Å². The molecule has 42 heavy (non-hydrogen) atoms. The van der Waals surface area contributed by atoms with Gasteiger partial charge in [-0.25, -0.2) is 4.79 Å². The van der Waals surface area contributed by atoms with Gasteiger partial charge < -0.3 is 19.9 Å². The smallest absolute Gasteiger partial charge is 0.430 e. The minimum atomic E-state index is -5.99. The average molecular weight is 605 g/mol. The number of amides is 3. The molecule has 0 aliphatic carbocycles. The number of nitrogens with zero attached hydrogens (tertiary/aromatic N) is 1. The summed E-state index contributed by atoms with van der Waals surface area (Å²) in [4.78, 5) is 26.8. The summed E-state index contributed by atoms with van der Waals surface area (Å²) in [5.74, 6) is 0.297. The number of benzene rings is 2. The van der Waals surface area contributed by atoms with Gasteiger partial charge in [0, 0.05) is 12.1 Å². The van der Waals surface area contributed by atoms with Crippen molar-refractivity contribution >= 4 is 11.9 Å². The Morgan fingerprint density at radius 3 is 2.10 bits per heavy atom. The molecule has 1 heterocycles. The third-order valence-corrected chi connectivity index (χ3v) is 7.03. The lowest BCUT2D eigenvalue weighted by molar-refractivity contribution is -0.376. The van der Waals surface area contributed by atoms with Crippen LogP contribution in [0, 0.1) is 0 Å². The van der Waals surface area contributed by atoms with E-state index in [1.54, 1.807) is 38.1 Å². The highest BCUT2D eigenvalue weighted by molar-refractivity contribution is 6.07. The summed E-state index contributed by atoms with van der Waals surface area (Å²) >= 11 is 0. The fraction of sp³-hybridized carbons (Fsp3) is 0.517. The molecule has 0 bridgehead atoms. The number of hydrogen-bond acceptors (Lipinski definition) is 5. The Hall–Kier alpha value is -3.48. The molecule has 2 aromatic rings. The van der Waals surface area contributed by atoms with E-state index in [0.29, 0.717) is 49.3 Å². The molecular formula is C29H34F6N2O5. The molecule has 0 saturated carbocycles. The Morgan fingerprint density at radius 1 is 0.881 bits per heavy atom. The monoisotopic (exact) mass is 604 g/mol. The van der Waals surface area contributed by atoms with Gasteiger partial charge in [0.25, 0.3) is 11.5 Å². The van der Waals surface area contributed by atoms with Crippen LogP contribution >= 0.6 is 0 Å². The molecule has 0 radical (unpaired) electrons. The van der Waals surface area contributed by atoms with Crippen LogP contribution in [0.5, 0.6) is 11.5 Å². The van der Waals surface area contributed by atoms with Gasteiger partial charge in [-0.3, -0.25) is 9.69 Å². The summed E-state index contributed by atoms with van der Waals surface area (Å²) in [6, 6.07) is 8.50. The Labute approximate surface area is 239 Å². The van der Waals surface area contributed by atoms with E-state index in [4.69, 9.17) is 9.47 Å². The number of carbonyl (C=O) groups excluding carboxylic acids is 2. The van der Waals surface area contributed by atoms with Crippen molar-refractivity contribution in [3.63, 3.8) is 0 Å². The van der Waals surface area contributed by atoms with E-state index in [2.05, 4.69) is 5.32 Å². The van der Waals surface area contributed by atoms with Gasteiger partial charge in [0.15, 0.2) is 0 Å². The SMILES string of the molecule is CCCOc1ccc(C2(C)NC(=O)N(CCCCOc3ccc(C(O)(C(F)(F)F)C(F)(F)F)cc3CCC)C2=O)cc1. The van der Waals surface area contributed by atoms with Crippen LogP contribution in [0.15, 0.2) is 42.5 Å². The van der Waals surface area contributed by atoms with Crippen LogP contribution in [0.1, 0.15) is 63.1 Å². The molecular weight excluding hydrogens is 570 g/mol. The van der Waals surface area contributed by atoms with Gasteiger partial charge >= 0.3 is 18.4 Å². The summed E-state index contributed by atoms with van der Waals surface area (Å²) in [5.41, 5.74) is -6.96. The van der Waals surface area contributed by atoms with Gasteiger partial charge in [-0.1, -0.05) is 38.5 Å². The van der Waals surface area contributed by atoms with Crippen LogP contribution in [0.25, 0.3) is 0 Å². The fourth-order valence-corrected chi connectivity index (χ4v) is 4.65. The number of aliphatic hydroxyl groups is 1. The van der Waals surface area contributed by atoms with Crippen LogP contribution < -0.4 is 14.8 Å². The quantitative estimate of drug-likeness (QED) is 0.158. The largest absolute Gasteiger partial charge is 0.494 e. The summed E-state index contributed by atoms with van der Waals surface area (Å²) in [5, 5.41) is 12.4.